The van der Waals surface area contributed by atoms with Gasteiger partial charge in [0.1, 0.15) is 0 Å². The van der Waals surface area contributed by atoms with Crippen molar-refractivity contribution in [2.24, 2.45) is 5.92 Å². The number of piperazine rings is 1. The highest BCUT2D eigenvalue weighted by atomic mass is 35.5. The lowest BCUT2D eigenvalue weighted by atomic mass is 10.0. The molecular formula is C31H30ClN3O3S. The predicted molar refractivity (Wildman–Crippen MR) is 153 cm³/mol. The molecule has 1 atom stereocenters. The molecule has 2 fully saturated rings. The molecule has 200 valence electrons. The number of carbonyl (C=O) groups excluding carboxylic acids is 1. The van der Waals surface area contributed by atoms with Gasteiger partial charge in [0.15, 0.2) is 9.84 Å². The molecule has 0 radical (unpaired) electrons. The first-order valence-electron chi connectivity index (χ1n) is 13.3. The SMILES string of the molecule is O=C(c1ccc(CS(=O)(=O)c2cccc3cccnc23)cc1Cl)N1CCN(CC2CC2)C[C@@H]1c1ccccc1. The Labute approximate surface area is 234 Å². The number of pyridine rings is 1. The van der Waals surface area contributed by atoms with Crippen LogP contribution >= 0.6 is 11.6 Å². The van der Waals surface area contributed by atoms with Gasteiger partial charge >= 0.3 is 0 Å². The molecule has 1 amide bonds. The fourth-order valence-electron chi connectivity index (χ4n) is 5.48. The Morgan fingerprint density at radius 2 is 1.74 bits per heavy atom. The summed E-state index contributed by atoms with van der Waals surface area (Å²) >= 11 is 6.65. The largest absolute Gasteiger partial charge is 0.329 e. The summed E-state index contributed by atoms with van der Waals surface area (Å²) in [7, 11) is -3.69. The Bertz CT molecular complexity index is 1620. The van der Waals surface area contributed by atoms with Gasteiger partial charge in [0.05, 0.1) is 32.8 Å². The number of aromatic nitrogens is 1. The van der Waals surface area contributed by atoms with Crippen LogP contribution in [0, 0.1) is 5.92 Å². The third kappa shape index (κ3) is 5.57. The normalized spacial score (nSPS) is 18.4. The number of nitrogens with zero attached hydrogens (tertiary/aromatic N) is 3. The number of benzene rings is 3. The molecule has 1 aliphatic carbocycles. The summed E-state index contributed by atoms with van der Waals surface area (Å²) in [6.45, 7) is 3.32. The zero-order chi connectivity index (χ0) is 27.0. The molecule has 1 aliphatic heterocycles. The van der Waals surface area contributed by atoms with E-state index in [2.05, 4.69) is 22.0 Å². The quantitative estimate of drug-likeness (QED) is 0.287. The highest BCUT2D eigenvalue weighted by Crippen LogP contribution is 2.34. The van der Waals surface area contributed by atoms with Crippen LogP contribution in [0.1, 0.15) is 40.4 Å². The Hall–Kier alpha value is -3.26. The molecular weight excluding hydrogens is 530 g/mol. The standard InChI is InChI=1S/C31H30ClN3O3S/c32-27-18-23(21-39(37,38)29-10-4-8-25-9-5-15-33-30(25)29)13-14-26(27)31(36)35-17-16-34(19-22-11-12-22)20-28(35)24-6-2-1-3-7-24/h1-10,13-15,18,22,28H,11-12,16-17,19-21H2/t28-/m1/s1. The third-order valence-corrected chi connectivity index (χ3v) is 9.70. The van der Waals surface area contributed by atoms with Gasteiger partial charge in [-0.25, -0.2) is 8.42 Å². The molecule has 2 aliphatic rings. The first kappa shape index (κ1) is 26.0. The smallest absolute Gasteiger partial charge is 0.255 e. The van der Waals surface area contributed by atoms with Gasteiger partial charge in [-0.1, -0.05) is 66.2 Å². The second kappa shape index (κ2) is 10.7. The van der Waals surface area contributed by atoms with Gasteiger partial charge in [0, 0.05) is 37.8 Å². The van der Waals surface area contributed by atoms with Crippen LogP contribution in [0.25, 0.3) is 10.9 Å². The van der Waals surface area contributed by atoms with Crippen molar-refractivity contribution < 1.29 is 13.2 Å². The second-order valence-corrected chi connectivity index (χ2v) is 12.9. The number of para-hydroxylation sites is 1. The van der Waals surface area contributed by atoms with Crippen LogP contribution in [-0.4, -0.2) is 55.3 Å². The summed E-state index contributed by atoms with van der Waals surface area (Å²) in [5.74, 6) is 0.419. The van der Waals surface area contributed by atoms with E-state index in [1.54, 1.807) is 42.6 Å². The fourth-order valence-corrected chi connectivity index (χ4v) is 7.28. The minimum absolute atomic E-state index is 0.0683. The Balaban J connectivity index is 1.24. The second-order valence-electron chi connectivity index (χ2n) is 10.5. The highest BCUT2D eigenvalue weighted by Gasteiger charge is 2.35. The van der Waals surface area contributed by atoms with Crippen molar-refractivity contribution in [2.75, 3.05) is 26.2 Å². The van der Waals surface area contributed by atoms with Crippen molar-refractivity contribution in [3.05, 3.63) is 107 Å². The van der Waals surface area contributed by atoms with Crippen LogP contribution in [0.5, 0.6) is 0 Å². The van der Waals surface area contributed by atoms with E-state index in [-0.39, 0.29) is 27.6 Å². The van der Waals surface area contributed by atoms with E-state index in [9.17, 15) is 13.2 Å². The van der Waals surface area contributed by atoms with E-state index in [1.165, 1.54) is 12.8 Å². The number of sulfone groups is 1. The maximum Gasteiger partial charge on any atom is 0.255 e. The summed E-state index contributed by atoms with van der Waals surface area (Å²) in [6.07, 6.45) is 4.18. The Morgan fingerprint density at radius 1 is 0.949 bits per heavy atom. The minimum atomic E-state index is -3.69. The first-order valence-corrected chi connectivity index (χ1v) is 15.4. The van der Waals surface area contributed by atoms with E-state index in [1.807, 2.05) is 35.2 Å². The molecule has 1 saturated carbocycles. The zero-order valence-corrected chi connectivity index (χ0v) is 23.1. The van der Waals surface area contributed by atoms with E-state index in [0.29, 0.717) is 23.2 Å². The van der Waals surface area contributed by atoms with Crippen molar-refractivity contribution in [1.29, 1.82) is 0 Å². The fraction of sp³-hybridized carbons (Fsp3) is 0.290. The van der Waals surface area contributed by atoms with Crippen LogP contribution in [0.2, 0.25) is 5.02 Å². The zero-order valence-electron chi connectivity index (χ0n) is 21.5. The molecule has 8 heteroatoms. The number of hydrogen-bond acceptors (Lipinski definition) is 5. The number of rotatable bonds is 7. The van der Waals surface area contributed by atoms with Gasteiger partial charge in [-0.15, -0.1) is 0 Å². The van der Waals surface area contributed by atoms with Crippen molar-refractivity contribution in [3.63, 3.8) is 0 Å². The summed E-state index contributed by atoms with van der Waals surface area (Å²) in [4.78, 5) is 22.7. The van der Waals surface area contributed by atoms with Gasteiger partial charge in [-0.2, -0.15) is 0 Å². The van der Waals surface area contributed by atoms with Gasteiger partial charge in [0.25, 0.3) is 5.91 Å². The van der Waals surface area contributed by atoms with Gasteiger partial charge in [-0.05, 0) is 54.2 Å². The molecule has 0 unspecified atom stereocenters. The molecule has 1 saturated heterocycles. The highest BCUT2D eigenvalue weighted by molar-refractivity contribution is 7.90. The summed E-state index contributed by atoms with van der Waals surface area (Å²) in [5.41, 5.74) is 2.47. The Morgan fingerprint density at radius 3 is 2.51 bits per heavy atom. The van der Waals surface area contributed by atoms with Crippen molar-refractivity contribution in [1.82, 2.24) is 14.8 Å². The topological polar surface area (TPSA) is 70.6 Å². The molecule has 4 aromatic rings. The number of hydrogen-bond donors (Lipinski definition) is 0. The van der Waals surface area contributed by atoms with Crippen LogP contribution in [0.4, 0.5) is 0 Å². The summed E-state index contributed by atoms with van der Waals surface area (Å²) < 4.78 is 26.7. The molecule has 0 bridgehead atoms. The van der Waals surface area contributed by atoms with Crippen LogP contribution in [-0.2, 0) is 15.6 Å². The van der Waals surface area contributed by atoms with Gasteiger partial charge in [-0.3, -0.25) is 14.7 Å². The van der Waals surface area contributed by atoms with E-state index < -0.39 is 9.84 Å². The third-order valence-electron chi connectivity index (χ3n) is 7.67. The van der Waals surface area contributed by atoms with Crippen molar-refractivity contribution in [2.45, 2.75) is 29.5 Å². The maximum absolute atomic E-state index is 13.8. The minimum Gasteiger partial charge on any atom is -0.329 e. The molecule has 6 rings (SSSR count). The van der Waals surface area contributed by atoms with Crippen molar-refractivity contribution in [3.8, 4) is 0 Å². The van der Waals surface area contributed by atoms with Crippen LogP contribution in [0.15, 0.2) is 90.0 Å². The summed E-state index contributed by atoms with van der Waals surface area (Å²) in [5, 5.41) is 1.03. The number of halogens is 1. The van der Waals surface area contributed by atoms with Gasteiger partial charge in [0.2, 0.25) is 0 Å². The van der Waals surface area contributed by atoms with Gasteiger partial charge < -0.3 is 4.90 Å². The lowest BCUT2D eigenvalue weighted by Crippen LogP contribution is -2.51. The molecule has 3 aromatic carbocycles. The molecule has 2 heterocycles. The van der Waals surface area contributed by atoms with E-state index >= 15 is 0 Å². The van der Waals surface area contributed by atoms with Crippen LogP contribution in [0.3, 0.4) is 0 Å². The van der Waals surface area contributed by atoms with Crippen molar-refractivity contribution >= 4 is 38.2 Å². The molecule has 0 N–H and O–H groups in total. The maximum atomic E-state index is 13.8. The lowest BCUT2D eigenvalue weighted by Gasteiger charge is -2.42. The van der Waals surface area contributed by atoms with E-state index in [0.717, 1.165) is 36.5 Å². The number of fused-ring (bicyclic) bond motifs is 1. The first-order chi connectivity index (χ1) is 18.9. The molecule has 1 aromatic heterocycles. The predicted octanol–water partition coefficient (Wildman–Crippen LogP) is 5.77. The average molecular weight is 560 g/mol. The number of amides is 1. The molecule has 0 spiro atoms. The monoisotopic (exact) mass is 559 g/mol. The molecule has 6 nitrogen and oxygen atoms in total. The summed E-state index contributed by atoms with van der Waals surface area (Å²) in [6, 6.07) is 23.8. The lowest BCUT2D eigenvalue weighted by molar-refractivity contribution is 0.0441. The Kier molecular flexibility index (Phi) is 7.14. The van der Waals surface area contributed by atoms with E-state index in [4.69, 9.17) is 11.6 Å². The van der Waals surface area contributed by atoms with Crippen LogP contribution < -0.4 is 0 Å². The molecule has 39 heavy (non-hydrogen) atoms. The number of carbonyl (C=O) groups is 1. The average Bonchev–Trinajstić information content (AvgIpc) is 3.77.